The molecular formula is C19H16FN3O6S2. The van der Waals surface area contributed by atoms with Crippen LogP contribution in [0.5, 0.6) is 0 Å². The molecule has 1 aromatic carbocycles. The van der Waals surface area contributed by atoms with Crippen molar-refractivity contribution in [3.63, 3.8) is 0 Å². The summed E-state index contributed by atoms with van der Waals surface area (Å²) >= 11 is 1.18. The molecule has 0 saturated carbocycles. The SMILES string of the molecule is CNC(OC(=O)/C=C/C(=O)O)c1cn(S(=O)(=O)c2ccsc2)c(-c2ccccc2F)n1. The number of hydrogen-bond acceptors (Lipinski definition) is 8. The van der Waals surface area contributed by atoms with Crippen LogP contribution >= 0.6 is 11.3 Å². The maximum atomic E-state index is 14.5. The predicted octanol–water partition coefficient (Wildman–Crippen LogP) is 2.39. The highest BCUT2D eigenvalue weighted by Gasteiger charge is 2.28. The van der Waals surface area contributed by atoms with Crippen LogP contribution in [-0.4, -0.2) is 41.5 Å². The highest BCUT2D eigenvalue weighted by Crippen LogP contribution is 2.29. The molecule has 0 aliphatic heterocycles. The van der Waals surface area contributed by atoms with Crippen molar-refractivity contribution in [2.45, 2.75) is 11.1 Å². The zero-order valence-electron chi connectivity index (χ0n) is 15.9. The highest BCUT2D eigenvalue weighted by atomic mass is 32.2. The molecule has 1 atom stereocenters. The summed E-state index contributed by atoms with van der Waals surface area (Å²) in [5.74, 6) is -3.24. The lowest BCUT2D eigenvalue weighted by Crippen LogP contribution is -2.22. The zero-order chi connectivity index (χ0) is 22.6. The molecule has 2 N–H and O–H groups in total. The first-order valence-corrected chi connectivity index (χ1v) is 11.0. The number of halogens is 1. The number of hydrogen-bond donors (Lipinski definition) is 2. The van der Waals surface area contributed by atoms with Gasteiger partial charge < -0.3 is 9.84 Å². The van der Waals surface area contributed by atoms with Crippen molar-refractivity contribution in [1.82, 2.24) is 14.3 Å². The summed E-state index contributed by atoms with van der Waals surface area (Å²) in [5.41, 5.74) is -0.101. The monoisotopic (exact) mass is 465 g/mol. The van der Waals surface area contributed by atoms with E-state index in [1.54, 1.807) is 5.38 Å². The Hall–Kier alpha value is -3.35. The first-order chi connectivity index (χ1) is 14.7. The average Bonchev–Trinajstić information content (AvgIpc) is 3.41. The zero-order valence-corrected chi connectivity index (χ0v) is 17.6. The Kier molecular flexibility index (Phi) is 6.63. The number of benzene rings is 1. The third kappa shape index (κ3) is 4.87. The summed E-state index contributed by atoms with van der Waals surface area (Å²) in [5, 5.41) is 14.3. The van der Waals surface area contributed by atoms with Crippen LogP contribution in [0.15, 0.2) is 64.3 Å². The van der Waals surface area contributed by atoms with Crippen LogP contribution in [0.2, 0.25) is 0 Å². The van der Waals surface area contributed by atoms with Crippen molar-refractivity contribution in [2.24, 2.45) is 0 Å². The van der Waals surface area contributed by atoms with E-state index in [9.17, 15) is 22.4 Å². The van der Waals surface area contributed by atoms with Crippen LogP contribution in [0.1, 0.15) is 11.9 Å². The summed E-state index contributed by atoms with van der Waals surface area (Å²) in [6.07, 6.45) is 1.18. The number of carboxylic acids is 1. The molecule has 0 saturated heterocycles. The lowest BCUT2D eigenvalue weighted by atomic mass is 10.2. The third-order valence-corrected chi connectivity index (χ3v) is 6.47. The van der Waals surface area contributed by atoms with Crippen LogP contribution in [-0.2, 0) is 24.3 Å². The lowest BCUT2D eigenvalue weighted by Gasteiger charge is -2.13. The average molecular weight is 465 g/mol. The quantitative estimate of drug-likeness (QED) is 0.295. The van der Waals surface area contributed by atoms with E-state index in [1.165, 1.54) is 48.0 Å². The molecule has 0 aliphatic rings. The van der Waals surface area contributed by atoms with E-state index in [0.29, 0.717) is 12.2 Å². The van der Waals surface area contributed by atoms with Crippen LogP contribution in [0.25, 0.3) is 11.4 Å². The van der Waals surface area contributed by atoms with Crippen molar-refractivity contribution in [2.75, 3.05) is 7.05 Å². The Morgan fingerprint density at radius 1 is 1.29 bits per heavy atom. The molecule has 162 valence electrons. The Labute approximate surface area is 180 Å². The van der Waals surface area contributed by atoms with Gasteiger partial charge in [0.15, 0.2) is 12.1 Å². The van der Waals surface area contributed by atoms with Crippen molar-refractivity contribution >= 4 is 33.3 Å². The fourth-order valence-corrected chi connectivity index (χ4v) is 4.92. The molecule has 2 aromatic heterocycles. The van der Waals surface area contributed by atoms with Crippen molar-refractivity contribution in [3.05, 3.63) is 71.0 Å². The maximum absolute atomic E-state index is 14.5. The molecule has 3 aromatic rings. The molecule has 9 nitrogen and oxygen atoms in total. The Balaban J connectivity index is 2.10. The van der Waals surface area contributed by atoms with Gasteiger partial charge in [0.25, 0.3) is 10.0 Å². The standard InChI is InChI=1S/C19H16FN3O6S2/c1-21-19(29-17(26)7-6-16(24)25)15-10-23(31(27,28)12-8-9-30-11-12)18(22-15)13-4-2-3-5-14(13)20/h2-11,19,21H,1H3,(H,24,25)/b7-6+. The van der Waals surface area contributed by atoms with Crippen LogP contribution < -0.4 is 5.32 Å². The molecule has 31 heavy (non-hydrogen) atoms. The number of nitrogens with one attached hydrogen (secondary N) is 1. The number of carbonyl (C=O) groups excluding carboxylic acids is 1. The molecule has 0 fully saturated rings. The summed E-state index contributed by atoms with van der Waals surface area (Å²) in [6, 6.07) is 6.92. The van der Waals surface area contributed by atoms with Crippen molar-refractivity contribution in [1.29, 1.82) is 0 Å². The molecular weight excluding hydrogens is 449 g/mol. The number of thiophene rings is 1. The molecule has 3 rings (SSSR count). The van der Waals surface area contributed by atoms with Gasteiger partial charge in [0.05, 0.1) is 10.5 Å². The Morgan fingerprint density at radius 2 is 2.03 bits per heavy atom. The number of carboxylic acid groups (broad SMARTS) is 1. The molecule has 2 heterocycles. The Bertz CT molecular complexity index is 1240. The molecule has 12 heteroatoms. The topological polar surface area (TPSA) is 128 Å². The van der Waals surface area contributed by atoms with Crippen molar-refractivity contribution in [3.8, 4) is 11.4 Å². The predicted molar refractivity (Wildman–Crippen MR) is 109 cm³/mol. The maximum Gasteiger partial charge on any atom is 0.332 e. The molecule has 1 unspecified atom stereocenters. The number of aromatic nitrogens is 2. The minimum atomic E-state index is -4.12. The smallest absolute Gasteiger partial charge is 0.332 e. The van der Waals surface area contributed by atoms with Gasteiger partial charge in [0.1, 0.15) is 11.5 Å². The number of esters is 1. The number of nitrogens with zero attached hydrogens (tertiary/aromatic N) is 2. The van der Waals surface area contributed by atoms with E-state index in [4.69, 9.17) is 9.84 Å². The molecule has 0 amide bonds. The van der Waals surface area contributed by atoms with Gasteiger partial charge in [0, 0.05) is 23.7 Å². The lowest BCUT2D eigenvalue weighted by molar-refractivity contribution is -0.145. The van der Waals surface area contributed by atoms with Gasteiger partial charge in [-0.3, -0.25) is 5.32 Å². The minimum Gasteiger partial charge on any atom is -0.478 e. The molecule has 0 aliphatic carbocycles. The second kappa shape index (κ2) is 9.20. The fraction of sp³-hybridized carbons (Fsp3) is 0.105. The Morgan fingerprint density at radius 3 is 2.65 bits per heavy atom. The number of rotatable bonds is 8. The normalized spacial score (nSPS) is 12.7. The van der Waals surface area contributed by atoms with Gasteiger partial charge in [-0.2, -0.15) is 11.3 Å². The van der Waals surface area contributed by atoms with E-state index in [-0.39, 0.29) is 22.0 Å². The second-order valence-corrected chi connectivity index (χ2v) is 8.60. The van der Waals surface area contributed by atoms with E-state index >= 15 is 0 Å². The van der Waals surface area contributed by atoms with Gasteiger partial charge in [-0.15, -0.1) is 0 Å². The van der Waals surface area contributed by atoms with E-state index < -0.39 is 34.0 Å². The first-order valence-electron chi connectivity index (χ1n) is 8.65. The summed E-state index contributed by atoms with van der Waals surface area (Å²) in [7, 11) is -2.70. The summed E-state index contributed by atoms with van der Waals surface area (Å²) in [6.45, 7) is 0. The highest BCUT2D eigenvalue weighted by molar-refractivity contribution is 7.90. The summed E-state index contributed by atoms with van der Waals surface area (Å²) in [4.78, 5) is 26.6. The second-order valence-electron chi connectivity index (χ2n) is 6.01. The van der Waals surface area contributed by atoms with Gasteiger partial charge in [-0.05, 0) is 30.6 Å². The fourth-order valence-electron chi connectivity index (χ4n) is 2.59. The molecule has 0 spiro atoms. The van der Waals surface area contributed by atoms with Gasteiger partial charge in [-0.1, -0.05) is 12.1 Å². The number of carbonyl (C=O) groups is 2. The van der Waals surface area contributed by atoms with Crippen LogP contribution in [0.4, 0.5) is 4.39 Å². The number of imidazole rings is 1. The van der Waals surface area contributed by atoms with E-state index in [1.807, 2.05) is 0 Å². The van der Waals surface area contributed by atoms with Gasteiger partial charge in [-0.25, -0.2) is 31.4 Å². The van der Waals surface area contributed by atoms with Gasteiger partial charge >= 0.3 is 11.9 Å². The number of ether oxygens (including phenoxy) is 1. The van der Waals surface area contributed by atoms with E-state index in [0.717, 1.165) is 16.2 Å². The largest absolute Gasteiger partial charge is 0.478 e. The number of aliphatic carboxylic acids is 1. The molecule has 0 bridgehead atoms. The van der Waals surface area contributed by atoms with Crippen LogP contribution in [0, 0.1) is 5.82 Å². The third-order valence-electron chi connectivity index (χ3n) is 3.99. The van der Waals surface area contributed by atoms with E-state index in [2.05, 4.69) is 10.3 Å². The van der Waals surface area contributed by atoms with Crippen LogP contribution in [0.3, 0.4) is 0 Å². The first kappa shape index (κ1) is 22.3. The van der Waals surface area contributed by atoms with Crippen molar-refractivity contribution < 1.29 is 32.2 Å². The minimum absolute atomic E-state index is 0.0126. The van der Waals surface area contributed by atoms with Gasteiger partial charge in [0.2, 0.25) is 0 Å². The molecule has 0 radical (unpaired) electrons. The summed E-state index contributed by atoms with van der Waals surface area (Å²) < 4.78 is 46.6.